The first-order valence-corrected chi connectivity index (χ1v) is 10.9. The number of likely N-dealkylation sites (tertiary alicyclic amines) is 1. The van der Waals surface area contributed by atoms with Crippen molar-refractivity contribution in [1.29, 1.82) is 0 Å². The van der Waals surface area contributed by atoms with E-state index in [1.54, 1.807) is 24.4 Å². The second-order valence-electron chi connectivity index (χ2n) is 7.92. The molecular formula is C25H26F2N4O2. The Hall–Kier alpha value is -3.52. The van der Waals surface area contributed by atoms with E-state index in [0.29, 0.717) is 16.9 Å². The number of hydrogen-bond acceptors (Lipinski definition) is 5. The molecule has 1 saturated heterocycles. The molecule has 8 heteroatoms. The van der Waals surface area contributed by atoms with Gasteiger partial charge in [-0.2, -0.15) is 8.78 Å². The Balaban J connectivity index is 1.33. The summed E-state index contributed by atoms with van der Waals surface area (Å²) in [5.41, 5.74) is 2.89. The minimum absolute atomic E-state index is 0.0796. The third-order valence-electron chi connectivity index (χ3n) is 5.56. The van der Waals surface area contributed by atoms with E-state index in [-0.39, 0.29) is 17.7 Å². The third-order valence-corrected chi connectivity index (χ3v) is 5.56. The number of halogens is 2. The standard InChI is InChI=1S/C25H26F2N4O2/c26-25(27)33-21-10-8-18(9-11-21)29-23-7-2-1-6-22(23)24(32)30-19-12-15-31(16-13-19)17-20-5-3-4-14-28-20/h1-11,14,19,25,29H,12-13,15-17H2,(H,30,32). The third kappa shape index (κ3) is 6.49. The minimum atomic E-state index is -2.87. The summed E-state index contributed by atoms with van der Waals surface area (Å²) < 4.78 is 29.0. The number of carbonyl (C=O) groups excluding carboxylic acids is 1. The topological polar surface area (TPSA) is 66.5 Å². The molecule has 1 amide bonds. The molecule has 3 aromatic rings. The molecule has 1 aromatic heterocycles. The summed E-state index contributed by atoms with van der Waals surface area (Å²) in [5.74, 6) is -0.0603. The van der Waals surface area contributed by atoms with Crippen LogP contribution in [-0.2, 0) is 6.54 Å². The fourth-order valence-corrected chi connectivity index (χ4v) is 3.88. The molecule has 4 rings (SSSR count). The van der Waals surface area contributed by atoms with Crippen LogP contribution >= 0.6 is 0 Å². The Morgan fingerprint density at radius 3 is 2.45 bits per heavy atom. The lowest BCUT2D eigenvalue weighted by Gasteiger charge is -2.32. The summed E-state index contributed by atoms with van der Waals surface area (Å²) >= 11 is 0. The lowest BCUT2D eigenvalue weighted by molar-refractivity contribution is -0.0498. The fraction of sp³-hybridized carbons (Fsp3) is 0.280. The van der Waals surface area contributed by atoms with Gasteiger partial charge < -0.3 is 15.4 Å². The first-order chi connectivity index (χ1) is 16.1. The number of carbonyl (C=O) groups is 1. The van der Waals surface area contributed by atoms with Gasteiger partial charge in [0.05, 0.1) is 16.9 Å². The fourth-order valence-electron chi connectivity index (χ4n) is 3.88. The number of amides is 1. The zero-order valence-corrected chi connectivity index (χ0v) is 18.1. The summed E-state index contributed by atoms with van der Waals surface area (Å²) in [6, 6.07) is 19.4. The number of anilines is 2. The monoisotopic (exact) mass is 452 g/mol. The number of ether oxygens (including phenoxy) is 1. The van der Waals surface area contributed by atoms with Crippen molar-refractivity contribution in [1.82, 2.24) is 15.2 Å². The van der Waals surface area contributed by atoms with Crippen molar-refractivity contribution in [2.75, 3.05) is 18.4 Å². The van der Waals surface area contributed by atoms with Crippen molar-refractivity contribution >= 4 is 17.3 Å². The molecule has 0 radical (unpaired) electrons. The van der Waals surface area contributed by atoms with Gasteiger partial charge in [-0.3, -0.25) is 14.7 Å². The maximum Gasteiger partial charge on any atom is 0.387 e. The Morgan fingerprint density at radius 2 is 1.76 bits per heavy atom. The van der Waals surface area contributed by atoms with Crippen molar-refractivity contribution in [2.45, 2.75) is 32.0 Å². The van der Waals surface area contributed by atoms with Crippen molar-refractivity contribution in [3.05, 3.63) is 84.2 Å². The number of alkyl halides is 2. The summed E-state index contributed by atoms with van der Waals surface area (Å²) in [6.45, 7) is -0.256. The van der Waals surface area contributed by atoms with Gasteiger partial charge in [-0.15, -0.1) is 0 Å². The van der Waals surface area contributed by atoms with Gasteiger partial charge in [-0.05, 0) is 61.4 Å². The van der Waals surface area contributed by atoms with Crippen LogP contribution < -0.4 is 15.4 Å². The molecule has 1 aliphatic heterocycles. The minimum Gasteiger partial charge on any atom is -0.435 e. The van der Waals surface area contributed by atoms with Gasteiger partial charge in [0.2, 0.25) is 0 Å². The highest BCUT2D eigenvalue weighted by Crippen LogP contribution is 2.24. The predicted molar refractivity (Wildman–Crippen MR) is 123 cm³/mol. The smallest absolute Gasteiger partial charge is 0.387 e. The Kier molecular flexibility index (Phi) is 7.47. The van der Waals surface area contributed by atoms with Gasteiger partial charge in [0.1, 0.15) is 5.75 Å². The quantitative estimate of drug-likeness (QED) is 0.513. The zero-order chi connectivity index (χ0) is 23.0. The summed E-state index contributed by atoms with van der Waals surface area (Å²) in [7, 11) is 0. The van der Waals surface area contributed by atoms with Crippen LogP contribution in [-0.4, -0.2) is 41.5 Å². The van der Waals surface area contributed by atoms with Gasteiger partial charge in [0.15, 0.2) is 0 Å². The molecule has 2 aromatic carbocycles. The average Bonchev–Trinajstić information content (AvgIpc) is 2.82. The molecule has 1 fully saturated rings. The number of pyridine rings is 1. The lowest BCUT2D eigenvalue weighted by Crippen LogP contribution is -2.44. The molecule has 0 aliphatic carbocycles. The maximum atomic E-state index is 13.0. The number of piperidine rings is 1. The molecular weight excluding hydrogens is 426 g/mol. The molecule has 0 bridgehead atoms. The molecule has 2 N–H and O–H groups in total. The van der Waals surface area contributed by atoms with E-state index in [4.69, 9.17) is 0 Å². The summed E-state index contributed by atoms with van der Waals surface area (Å²) in [4.78, 5) is 19.7. The predicted octanol–water partition coefficient (Wildman–Crippen LogP) is 4.82. The number of rotatable bonds is 8. The second kappa shape index (κ2) is 10.9. The van der Waals surface area contributed by atoms with Crippen LogP contribution in [0.25, 0.3) is 0 Å². The first-order valence-electron chi connectivity index (χ1n) is 10.9. The lowest BCUT2D eigenvalue weighted by atomic mass is 10.0. The maximum absolute atomic E-state index is 13.0. The van der Waals surface area contributed by atoms with E-state index in [0.717, 1.165) is 38.2 Å². The highest BCUT2D eigenvalue weighted by atomic mass is 19.3. The Labute approximate surface area is 191 Å². The SMILES string of the molecule is O=C(NC1CCN(Cc2ccccn2)CC1)c1ccccc1Nc1ccc(OC(F)F)cc1. The Bertz CT molecular complexity index is 1040. The highest BCUT2D eigenvalue weighted by Gasteiger charge is 2.22. The normalized spacial score (nSPS) is 14.8. The number of nitrogens with zero attached hydrogens (tertiary/aromatic N) is 2. The Morgan fingerprint density at radius 1 is 1.03 bits per heavy atom. The van der Waals surface area contributed by atoms with Crippen LogP contribution in [0.3, 0.4) is 0 Å². The summed E-state index contributed by atoms with van der Waals surface area (Å²) in [5, 5.41) is 6.34. The molecule has 2 heterocycles. The van der Waals surface area contributed by atoms with Crippen LogP contribution in [0, 0.1) is 0 Å². The van der Waals surface area contributed by atoms with E-state index < -0.39 is 6.61 Å². The van der Waals surface area contributed by atoms with Crippen molar-refractivity contribution < 1.29 is 18.3 Å². The van der Waals surface area contributed by atoms with Crippen LogP contribution in [0.4, 0.5) is 20.2 Å². The van der Waals surface area contributed by atoms with Crippen molar-refractivity contribution in [3.63, 3.8) is 0 Å². The van der Waals surface area contributed by atoms with Gasteiger partial charge in [0, 0.05) is 37.6 Å². The van der Waals surface area contributed by atoms with E-state index in [9.17, 15) is 13.6 Å². The average molecular weight is 453 g/mol. The van der Waals surface area contributed by atoms with Crippen LogP contribution in [0.1, 0.15) is 28.9 Å². The second-order valence-corrected chi connectivity index (χ2v) is 7.92. The van der Waals surface area contributed by atoms with Gasteiger partial charge in [-0.25, -0.2) is 0 Å². The van der Waals surface area contributed by atoms with E-state index in [1.165, 1.54) is 12.1 Å². The highest BCUT2D eigenvalue weighted by molar-refractivity contribution is 6.00. The van der Waals surface area contributed by atoms with E-state index in [2.05, 4.69) is 25.3 Å². The molecule has 1 aliphatic rings. The van der Waals surface area contributed by atoms with Gasteiger partial charge >= 0.3 is 6.61 Å². The number of para-hydroxylation sites is 1. The molecule has 0 unspecified atom stereocenters. The van der Waals surface area contributed by atoms with Crippen LogP contribution in [0.15, 0.2) is 72.9 Å². The number of hydrogen-bond donors (Lipinski definition) is 2. The van der Waals surface area contributed by atoms with Gasteiger partial charge in [-0.1, -0.05) is 18.2 Å². The van der Waals surface area contributed by atoms with Crippen LogP contribution in [0.5, 0.6) is 5.75 Å². The first kappa shape index (κ1) is 22.7. The van der Waals surface area contributed by atoms with E-state index in [1.807, 2.05) is 36.4 Å². The molecule has 0 spiro atoms. The molecule has 172 valence electrons. The van der Waals surface area contributed by atoms with Crippen LogP contribution in [0.2, 0.25) is 0 Å². The largest absolute Gasteiger partial charge is 0.435 e. The molecule has 6 nitrogen and oxygen atoms in total. The summed E-state index contributed by atoms with van der Waals surface area (Å²) in [6.07, 6.45) is 3.55. The molecule has 0 saturated carbocycles. The zero-order valence-electron chi connectivity index (χ0n) is 18.1. The molecule has 33 heavy (non-hydrogen) atoms. The number of nitrogens with one attached hydrogen (secondary N) is 2. The number of benzene rings is 2. The van der Waals surface area contributed by atoms with Crippen molar-refractivity contribution in [2.24, 2.45) is 0 Å². The van der Waals surface area contributed by atoms with Crippen molar-refractivity contribution in [3.8, 4) is 5.75 Å². The van der Waals surface area contributed by atoms with E-state index >= 15 is 0 Å². The number of aromatic nitrogens is 1. The molecule has 0 atom stereocenters. The van der Waals surface area contributed by atoms with Gasteiger partial charge in [0.25, 0.3) is 5.91 Å².